The molecule has 0 heterocycles. The van der Waals surface area contributed by atoms with Crippen molar-refractivity contribution in [2.24, 2.45) is 0 Å². The van der Waals surface area contributed by atoms with E-state index in [2.05, 4.69) is 18.7 Å². The first-order valence-electron chi connectivity index (χ1n) is 5.15. The Bertz CT molecular complexity index is 83.0. The average molecular weight is 277 g/mol. The van der Waals surface area contributed by atoms with Gasteiger partial charge in [0.2, 0.25) is 0 Å². The van der Waals surface area contributed by atoms with Crippen LogP contribution >= 0.6 is 0 Å². The SMILES string of the molecule is CCCCN(CC[S-])CCCC.[Y]. The van der Waals surface area contributed by atoms with Crippen molar-refractivity contribution in [3.05, 3.63) is 0 Å². The van der Waals surface area contributed by atoms with E-state index in [1.54, 1.807) is 0 Å². The van der Waals surface area contributed by atoms with Gasteiger partial charge in [0.15, 0.2) is 0 Å². The first kappa shape index (κ1) is 16.8. The predicted octanol–water partition coefficient (Wildman–Crippen LogP) is 2.43. The van der Waals surface area contributed by atoms with Crippen molar-refractivity contribution in [1.82, 2.24) is 4.90 Å². The normalized spacial score (nSPS) is 10.2. The van der Waals surface area contributed by atoms with E-state index in [1.807, 2.05) is 0 Å². The minimum absolute atomic E-state index is 0. The van der Waals surface area contributed by atoms with Crippen molar-refractivity contribution in [1.29, 1.82) is 0 Å². The zero-order chi connectivity index (χ0) is 9.23. The summed E-state index contributed by atoms with van der Waals surface area (Å²) in [4.78, 5) is 2.50. The molecule has 0 saturated heterocycles. The van der Waals surface area contributed by atoms with E-state index in [0.29, 0.717) is 0 Å². The topological polar surface area (TPSA) is 3.24 Å². The van der Waals surface area contributed by atoms with Crippen LogP contribution in [-0.4, -0.2) is 30.3 Å². The van der Waals surface area contributed by atoms with Crippen LogP contribution in [0.5, 0.6) is 0 Å². The summed E-state index contributed by atoms with van der Waals surface area (Å²) < 4.78 is 0. The number of nitrogens with zero attached hydrogens (tertiary/aromatic N) is 1. The molecule has 0 aliphatic rings. The molecule has 0 spiro atoms. The molecule has 0 aromatic heterocycles. The third kappa shape index (κ3) is 11.3. The smallest absolute Gasteiger partial charge is 0 e. The molecular weight excluding hydrogens is 255 g/mol. The van der Waals surface area contributed by atoms with Crippen LogP contribution in [0.15, 0.2) is 0 Å². The molecule has 1 radical (unpaired) electrons. The van der Waals surface area contributed by atoms with Crippen LogP contribution in [0, 0.1) is 0 Å². The fraction of sp³-hybridized carbons (Fsp3) is 1.00. The van der Waals surface area contributed by atoms with Gasteiger partial charge in [0.1, 0.15) is 0 Å². The molecule has 1 nitrogen and oxygen atoms in total. The van der Waals surface area contributed by atoms with Gasteiger partial charge in [0.05, 0.1) is 0 Å². The summed E-state index contributed by atoms with van der Waals surface area (Å²) in [6, 6.07) is 0. The van der Waals surface area contributed by atoms with Gasteiger partial charge < -0.3 is 17.5 Å². The van der Waals surface area contributed by atoms with Crippen molar-refractivity contribution in [3.8, 4) is 0 Å². The van der Waals surface area contributed by atoms with Crippen LogP contribution in [0.1, 0.15) is 39.5 Å². The molecule has 0 amide bonds. The van der Waals surface area contributed by atoms with Gasteiger partial charge in [-0.3, -0.25) is 0 Å². The van der Waals surface area contributed by atoms with Crippen molar-refractivity contribution in [2.45, 2.75) is 39.5 Å². The first-order chi connectivity index (χ1) is 5.85. The Morgan fingerprint density at radius 3 is 1.69 bits per heavy atom. The third-order valence-electron chi connectivity index (χ3n) is 2.06. The maximum atomic E-state index is 4.99. The molecule has 13 heavy (non-hydrogen) atoms. The van der Waals surface area contributed by atoms with E-state index < -0.39 is 0 Å². The van der Waals surface area contributed by atoms with E-state index in [4.69, 9.17) is 12.6 Å². The van der Waals surface area contributed by atoms with E-state index in [9.17, 15) is 0 Å². The molecule has 0 saturated carbocycles. The Morgan fingerprint density at radius 1 is 0.923 bits per heavy atom. The number of hydrogen-bond acceptors (Lipinski definition) is 2. The molecule has 0 aliphatic heterocycles. The van der Waals surface area contributed by atoms with Crippen LogP contribution in [-0.2, 0) is 45.3 Å². The van der Waals surface area contributed by atoms with Crippen molar-refractivity contribution >= 4 is 12.6 Å². The summed E-state index contributed by atoms with van der Waals surface area (Å²) in [5.41, 5.74) is 0. The van der Waals surface area contributed by atoms with Gasteiger partial charge in [0, 0.05) is 32.7 Å². The van der Waals surface area contributed by atoms with Crippen LogP contribution in [0.4, 0.5) is 0 Å². The summed E-state index contributed by atoms with van der Waals surface area (Å²) >= 11 is 4.99. The van der Waals surface area contributed by atoms with Crippen LogP contribution in [0.2, 0.25) is 0 Å². The van der Waals surface area contributed by atoms with Crippen molar-refractivity contribution in [2.75, 3.05) is 25.4 Å². The Kier molecular flexibility index (Phi) is 17.4. The Morgan fingerprint density at radius 2 is 1.38 bits per heavy atom. The maximum absolute atomic E-state index is 4.99. The third-order valence-corrected chi connectivity index (χ3v) is 2.25. The van der Waals surface area contributed by atoms with Gasteiger partial charge in [-0.05, 0) is 32.5 Å². The molecule has 0 aromatic rings. The molecular formula is C10H22NSY-. The molecule has 77 valence electrons. The van der Waals surface area contributed by atoms with E-state index >= 15 is 0 Å². The van der Waals surface area contributed by atoms with Gasteiger partial charge in [-0.1, -0.05) is 26.7 Å². The van der Waals surface area contributed by atoms with Crippen LogP contribution < -0.4 is 0 Å². The zero-order valence-electron chi connectivity index (χ0n) is 9.09. The average Bonchev–Trinajstić information content (AvgIpc) is 2.10. The maximum Gasteiger partial charge on any atom is 0 e. The Hall–Kier alpha value is 1.41. The second kappa shape index (κ2) is 13.4. The molecule has 0 aliphatic carbocycles. The number of unbranched alkanes of at least 4 members (excludes halogenated alkanes) is 2. The second-order valence-electron chi connectivity index (χ2n) is 3.25. The summed E-state index contributed by atoms with van der Waals surface area (Å²) in [6.07, 6.45) is 5.22. The van der Waals surface area contributed by atoms with Crippen LogP contribution in [0.25, 0.3) is 0 Å². The quantitative estimate of drug-likeness (QED) is 0.627. The van der Waals surface area contributed by atoms with Crippen molar-refractivity contribution in [3.63, 3.8) is 0 Å². The van der Waals surface area contributed by atoms with E-state index in [1.165, 1.54) is 38.8 Å². The summed E-state index contributed by atoms with van der Waals surface area (Å²) in [6.45, 7) is 8.08. The second-order valence-corrected chi connectivity index (χ2v) is 3.66. The minimum Gasteiger partial charge on any atom is -0.791 e. The Balaban J connectivity index is 0. The molecule has 0 fully saturated rings. The monoisotopic (exact) mass is 277 g/mol. The number of hydrogen-bond donors (Lipinski definition) is 0. The minimum atomic E-state index is 0. The predicted molar refractivity (Wildman–Crippen MR) is 58.5 cm³/mol. The van der Waals surface area contributed by atoms with Gasteiger partial charge in [-0.15, -0.1) is 0 Å². The fourth-order valence-electron chi connectivity index (χ4n) is 1.23. The van der Waals surface area contributed by atoms with Crippen LogP contribution in [0.3, 0.4) is 0 Å². The largest absolute Gasteiger partial charge is 0.791 e. The molecule has 0 unspecified atom stereocenters. The van der Waals surface area contributed by atoms with Gasteiger partial charge in [-0.25, -0.2) is 0 Å². The fourth-order valence-corrected chi connectivity index (χ4v) is 1.49. The van der Waals surface area contributed by atoms with Gasteiger partial charge in [-0.2, -0.15) is 5.75 Å². The van der Waals surface area contributed by atoms with E-state index in [-0.39, 0.29) is 32.7 Å². The molecule has 0 aromatic carbocycles. The van der Waals surface area contributed by atoms with Crippen molar-refractivity contribution < 1.29 is 32.7 Å². The molecule has 0 atom stereocenters. The summed E-state index contributed by atoms with van der Waals surface area (Å²) in [5, 5.41) is 0. The number of rotatable bonds is 8. The van der Waals surface area contributed by atoms with Gasteiger partial charge >= 0.3 is 0 Å². The van der Waals surface area contributed by atoms with E-state index in [0.717, 1.165) is 12.3 Å². The molecule has 0 rings (SSSR count). The first-order valence-corrected chi connectivity index (χ1v) is 5.73. The summed E-state index contributed by atoms with van der Waals surface area (Å²) in [5.74, 6) is 0.882. The molecule has 0 N–H and O–H groups in total. The van der Waals surface area contributed by atoms with Gasteiger partial charge in [0.25, 0.3) is 0 Å². The zero-order valence-corrected chi connectivity index (χ0v) is 12.7. The molecule has 0 bridgehead atoms. The molecule has 3 heteroatoms. The Labute approximate surface area is 114 Å². The standard InChI is InChI=1S/C10H23NS.Y/c1-3-5-7-11(9-10-12)8-6-4-2;/h12H,3-10H2,1-2H3;/p-1. The summed E-state index contributed by atoms with van der Waals surface area (Å²) in [7, 11) is 0.